The van der Waals surface area contributed by atoms with Crippen LogP contribution in [-0.4, -0.2) is 32.6 Å². The summed E-state index contributed by atoms with van der Waals surface area (Å²) in [6.45, 7) is 5.72. The van der Waals surface area contributed by atoms with Crippen molar-refractivity contribution in [2.24, 2.45) is 5.41 Å². The number of halogens is 1. The molecular formula is C17H25ClN2O4. The van der Waals surface area contributed by atoms with Gasteiger partial charge in [0.1, 0.15) is 16.9 Å². The first-order valence-electron chi connectivity index (χ1n) is 7.79. The van der Waals surface area contributed by atoms with E-state index in [0.717, 1.165) is 12.8 Å². The molecule has 1 rings (SSSR count). The molecule has 1 aromatic carbocycles. The number of methoxy groups -OCH3 is 2. The third kappa shape index (κ3) is 4.77. The van der Waals surface area contributed by atoms with Crippen molar-refractivity contribution < 1.29 is 19.1 Å². The zero-order valence-corrected chi connectivity index (χ0v) is 15.5. The van der Waals surface area contributed by atoms with Crippen molar-refractivity contribution in [1.29, 1.82) is 0 Å². The van der Waals surface area contributed by atoms with Crippen molar-refractivity contribution in [1.82, 2.24) is 5.32 Å². The van der Waals surface area contributed by atoms with Crippen LogP contribution in [0.25, 0.3) is 0 Å². The van der Waals surface area contributed by atoms with E-state index in [9.17, 15) is 9.59 Å². The van der Waals surface area contributed by atoms with E-state index in [4.69, 9.17) is 21.1 Å². The second-order valence-corrected chi connectivity index (χ2v) is 6.28. The molecule has 0 saturated heterocycles. The maximum atomic E-state index is 12.6. The summed E-state index contributed by atoms with van der Waals surface area (Å²) in [6.07, 6.45) is 1.83. The van der Waals surface area contributed by atoms with Gasteiger partial charge in [0.05, 0.1) is 24.9 Å². The number of benzene rings is 1. The van der Waals surface area contributed by atoms with Gasteiger partial charge in [-0.3, -0.25) is 9.59 Å². The molecule has 0 aliphatic carbocycles. The number of nitrogens with one attached hydrogen (secondary N) is 2. The number of hydrogen-bond donors (Lipinski definition) is 2. The van der Waals surface area contributed by atoms with Crippen LogP contribution in [-0.2, 0) is 9.59 Å². The Morgan fingerprint density at radius 1 is 1.12 bits per heavy atom. The van der Waals surface area contributed by atoms with Crippen LogP contribution in [0.2, 0.25) is 5.02 Å². The normalized spacial score (nSPS) is 10.9. The summed E-state index contributed by atoms with van der Waals surface area (Å²) in [4.78, 5) is 24.8. The quantitative estimate of drug-likeness (QED) is 0.553. The van der Waals surface area contributed by atoms with Crippen LogP contribution in [0.4, 0.5) is 5.69 Å². The van der Waals surface area contributed by atoms with Gasteiger partial charge in [0.2, 0.25) is 11.8 Å². The molecule has 0 aliphatic heterocycles. The Hall–Kier alpha value is -1.95. The maximum Gasteiger partial charge on any atom is 0.239 e. The molecule has 2 N–H and O–H groups in total. The number of ether oxygens (including phenoxy) is 2. The third-order valence-corrected chi connectivity index (χ3v) is 3.97. The maximum absolute atomic E-state index is 12.6. The minimum absolute atomic E-state index is 0.326. The average Bonchev–Trinajstić information content (AvgIpc) is 2.55. The molecule has 134 valence electrons. The Labute approximate surface area is 147 Å². The molecule has 0 aliphatic rings. The Morgan fingerprint density at radius 3 is 2.29 bits per heavy atom. The molecule has 0 spiro atoms. The predicted octanol–water partition coefficient (Wildman–Crippen LogP) is 3.24. The zero-order chi connectivity index (χ0) is 18.3. The average molecular weight is 357 g/mol. The number of amides is 2. The summed E-state index contributed by atoms with van der Waals surface area (Å²) in [7, 11) is 2.95. The van der Waals surface area contributed by atoms with E-state index in [2.05, 4.69) is 10.6 Å². The summed E-state index contributed by atoms with van der Waals surface area (Å²) in [6, 6.07) is 3.11. The van der Waals surface area contributed by atoms with E-state index >= 15 is 0 Å². The number of carbonyl (C=O) groups excluding carboxylic acids is 2. The van der Waals surface area contributed by atoms with Crippen LogP contribution in [0.5, 0.6) is 11.5 Å². The number of carbonyl (C=O) groups is 2. The minimum atomic E-state index is -1.23. The summed E-state index contributed by atoms with van der Waals surface area (Å²) < 4.78 is 10.4. The topological polar surface area (TPSA) is 76.7 Å². The van der Waals surface area contributed by atoms with Crippen molar-refractivity contribution in [2.75, 3.05) is 26.1 Å². The van der Waals surface area contributed by atoms with Crippen LogP contribution in [0.15, 0.2) is 12.1 Å². The SMILES string of the molecule is CCCCNC(=O)C(C)(C)C(=O)Nc1cc(OC)c(Cl)cc1OC. The lowest BCUT2D eigenvalue weighted by molar-refractivity contribution is -0.138. The lowest BCUT2D eigenvalue weighted by Gasteiger charge is -2.23. The molecule has 0 fully saturated rings. The molecule has 0 radical (unpaired) electrons. The highest BCUT2D eigenvalue weighted by molar-refractivity contribution is 6.32. The van der Waals surface area contributed by atoms with Crippen LogP contribution < -0.4 is 20.1 Å². The van der Waals surface area contributed by atoms with Gasteiger partial charge in [0.25, 0.3) is 0 Å². The van der Waals surface area contributed by atoms with Gasteiger partial charge >= 0.3 is 0 Å². The van der Waals surface area contributed by atoms with Crippen molar-refractivity contribution in [3.8, 4) is 11.5 Å². The van der Waals surface area contributed by atoms with Crippen LogP contribution >= 0.6 is 11.6 Å². The van der Waals surface area contributed by atoms with Gasteiger partial charge in [-0.05, 0) is 20.3 Å². The number of anilines is 1. The lowest BCUT2D eigenvalue weighted by Crippen LogP contribution is -2.45. The highest BCUT2D eigenvalue weighted by Crippen LogP contribution is 2.36. The largest absolute Gasteiger partial charge is 0.495 e. The molecule has 0 heterocycles. The van der Waals surface area contributed by atoms with E-state index in [1.807, 2.05) is 6.92 Å². The summed E-state index contributed by atoms with van der Waals surface area (Å²) in [5, 5.41) is 5.85. The molecule has 0 saturated carbocycles. The van der Waals surface area contributed by atoms with Gasteiger partial charge in [0, 0.05) is 18.7 Å². The predicted molar refractivity (Wildman–Crippen MR) is 94.9 cm³/mol. The molecule has 0 bridgehead atoms. The lowest BCUT2D eigenvalue weighted by atomic mass is 9.91. The van der Waals surface area contributed by atoms with Crippen molar-refractivity contribution in [3.63, 3.8) is 0 Å². The second kappa shape index (κ2) is 8.78. The zero-order valence-electron chi connectivity index (χ0n) is 14.8. The monoisotopic (exact) mass is 356 g/mol. The first-order valence-corrected chi connectivity index (χ1v) is 8.17. The molecule has 6 nitrogen and oxygen atoms in total. The Kier molecular flexibility index (Phi) is 7.35. The number of hydrogen-bond acceptors (Lipinski definition) is 4. The summed E-state index contributed by atoms with van der Waals surface area (Å²) >= 11 is 6.05. The van der Waals surface area contributed by atoms with Gasteiger partial charge in [-0.1, -0.05) is 24.9 Å². The molecule has 0 unspecified atom stereocenters. The Bertz CT molecular complexity index is 602. The molecule has 1 aromatic rings. The summed E-state index contributed by atoms with van der Waals surface area (Å²) in [5.41, 5.74) is -0.843. The molecular weight excluding hydrogens is 332 g/mol. The fraction of sp³-hybridized carbons (Fsp3) is 0.529. The second-order valence-electron chi connectivity index (χ2n) is 5.88. The van der Waals surface area contributed by atoms with E-state index in [0.29, 0.717) is 28.8 Å². The van der Waals surface area contributed by atoms with E-state index < -0.39 is 11.3 Å². The fourth-order valence-corrected chi connectivity index (χ4v) is 2.17. The van der Waals surface area contributed by atoms with Crippen molar-refractivity contribution in [3.05, 3.63) is 17.2 Å². The first kappa shape index (κ1) is 20.1. The highest BCUT2D eigenvalue weighted by Gasteiger charge is 2.36. The fourth-order valence-electron chi connectivity index (χ4n) is 1.94. The van der Waals surface area contributed by atoms with Gasteiger partial charge < -0.3 is 20.1 Å². The van der Waals surface area contributed by atoms with Crippen molar-refractivity contribution in [2.45, 2.75) is 33.6 Å². The van der Waals surface area contributed by atoms with E-state index in [1.165, 1.54) is 14.2 Å². The number of rotatable bonds is 8. The smallest absolute Gasteiger partial charge is 0.239 e. The van der Waals surface area contributed by atoms with Crippen LogP contribution in [0, 0.1) is 5.41 Å². The molecule has 0 aromatic heterocycles. The van der Waals surface area contributed by atoms with Crippen molar-refractivity contribution >= 4 is 29.1 Å². The minimum Gasteiger partial charge on any atom is -0.495 e. The highest BCUT2D eigenvalue weighted by atomic mass is 35.5. The molecule has 7 heteroatoms. The first-order chi connectivity index (χ1) is 11.3. The van der Waals surface area contributed by atoms with Gasteiger partial charge in [-0.15, -0.1) is 0 Å². The van der Waals surface area contributed by atoms with Crippen LogP contribution in [0.1, 0.15) is 33.6 Å². The summed E-state index contributed by atoms with van der Waals surface area (Å²) in [5.74, 6) is 0.0156. The van der Waals surface area contributed by atoms with Gasteiger partial charge in [-0.25, -0.2) is 0 Å². The molecule has 24 heavy (non-hydrogen) atoms. The van der Waals surface area contributed by atoms with E-state index in [1.54, 1.807) is 26.0 Å². The van der Waals surface area contributed by atoms with Crippen LogP contribution in [0.3, 0.4) is 0 Å². The van der Waals surface area contributed by atoms with E-state index in [-0.39, 0.29) is 5.91 Å². The molecule has 2 amide bonds. The molecule has 0 atom stereocenters. The van der Waals surface area contributed by atoms with Gasteiger partial charge in [-0.2, -0.15) is 0 Å². The third-order valence-electron chi connectivity index (χ3n) is 3.67. The Balaban J connectivity index is 2.95. The van der Waals surface area contributed by atoms with Gasteiger partial charge in [0.15, 0.2) is 0 Å². The number of unbranched alkanes of at least 4 members (excludes halogenated alkanes) is 1. The standard InChI is InChI=1S/C17H25ClN2O4/c1-6-7-8-19-15(21)17(2,3)16(22)20-12-10-13(23-4)11(18)9-14(12)24-5/h9-10H,6-8H2,1-5H3,(H,19,21)(H,20,22). The Morgan fingerprint density at radius 2 is 1.75 bits per heavy atom.